The number of nitrogens with zero attached hydrogens (tertiary/aromatic N) is 4. The van der Waals surface area contributed by atoms with Gasteiger partial charge in [0.05, 0.1) is 13.0 Å². The summed E-state index contributed by atoms with van der Waals surface area (Å²) in [5.41, 5.74) is 2.11. The fraction of sp³-hybridized carbons (Fsp3) is 0.400. The van der Waals surface area contributed by atoms with Crippen LogP contribution in [0.1, 0.15) is 18.1 Å². The Morgan fingerprint density at radius 2 is 1.75 bits per heavy atom. The van der Waals surface area contributed by atoms with Gasteiger partial charge in [0.15, 0.2) is 11.6 Å². The van der Waals surface area contributed by atoms with Crippen LogP contribution in [0.15, 0.2) is 36.4 Å². The van der Waals surface area contributed by atoms with Gasteiger partial charge in [0, 0.05) is 26.2 Å². The molecule has 2 aromatic rings. The summed E-state index contributed by atoms with van der Waals surface area (Å²) in [5.74, 6) is 1.01. The van der Waals surface area contributed by atoms with Crippen molar-refractivity contribution in [3.63, 3.8) is 0 Å². The molecule has 8 nitrogen and oxygen atoms in total. The standard InChI is InChI=1S/C20H25N5O3/c1-3-28-20(27)25-12-10-24(11-13-25)18-9-8-17(22-23-18)21-19(26)14-16-6-4-15(2)5-7-16/h4-9H,3,10-14H2,1-2H3,(H,21,22,26). The van der Waals surface area contributed by atoms with Crippen molar-refractivity contribution in [2.75, 3.05) is 43.0 Å². The van der Waals surface area contributed by atoms with E-state index >= 15 is 0 Å². The zero-order valence-corrected chi connectivity index (χ0v) is 16.2. The van der Waals surface area contributed by atoms with Crippen molar-refractivity contribution in [2.45, 2.75) is 20.3 Å². The molecule has 0 unspecified atom stereocenters. The number of carbonyl (C=O) groups is 2. The molecule has 1 saturated heterocycles. The largest absolute Gasteiger partial charge is 0.450 e. The molecular weight excluding hydrogens is 358 g/mol. The lowest BCUT2D eigenvalue weighted by Crippen LogP contribution is -2.49. The zero-order valence-electron chi connectivity index (χ0n) is 16.2. The predicted molar refractivity (Wildman–Crippen MR) is 106 cm³/mol. The van der Waals surface area contributed by atoms with Crippen LogP contribution in [0.5, 0.6) is 0 Å². The average molecular weight is 383 g/mol. The van der Waals surface area contributed by atoms with Crippen LogP contribution in [0, 0.1) is 6.92 Å². The van der Waals surface area contributed by atoms with Crippen molar-refractivity contribution in [2.24, 2.45) is 0 Å². The lowest BCUT2D eigenvalue weighted by atomic mass is 10.1. The van der Waals surface area contributed by atoms with Crippen molar-refractivity contribution < 1.29 is 14.3 Å². The number of anilines is 2. The first-order valence-corrected chi connectivity index (χ1v) is 9.41. The fourth-order valence-electron chi connectivity index (χ4n) is 2.97. The predicted octanol–water partition coefficient (Wildman–Crippen LogP) is 2.24. The lowest BCUT2D eigenvalue weighted by Gasteiger charge is -2.34. The molecule has 1 fully saturated rings. The Morgan fingerprint density at radius 3 is 2.36 bits per heavy atom. The molecule has 0 atom stereocenters. The van der Waals surface area contributed by atoms with Gasteiger partial charge in [0.25, 0.3) is 0 Å². The van der Waals surface area contributed by atoms with E-state index in [-0.39, 0.29) is 12.0 Å². The highest BCUT2D eigenvalue weighted by Crippen LogP contribution is 2.15. The highest BCUT2D eigenvalue weighted by atomic mass is 16.6. The van der Waals surface area contributed by atoms with Crippen LogP contribution in [0.2, 0.25) is 0 Å². The van der Waals surface area contributed by atoms with Crippen molar-refractivity contribution >= 4 is 23.6 Å². The van der Waals surface area contributed by atoms with E-state index in [9.17, 15) is 9.59 Å². The van der Waals surface area contributed by atoms with E-state index in [1.54, 1.807) is 17.9 Å². The number of benzene rings is 1. The van der Waals surface area contributed by atoms with Gasteiger partial charge in [-0.3, -0.25) is 4.79 Å². The van der Waals surface area contributed by atoms with Crippen molar-refractivity contribution in [1.29, 1.82) is 0 Å². The molecule has 148 valence electrons. The molecule has 1 aliphatic heterocycles. The quantitative estimate of drug-likeness (QED) is 0.852. The third kappa shape index (κ3) is 5.18. The molecule has 0 aliphatic carbocycles. The number of piperazine rings is 1. The van der Waals surface area contributed by atoms with Crippen LogP contribution in [-0.4, -0.2) is 59.9 Å². The first-order valence-electron chi connectivity index (χ1n) is 9.41. The van der Waals surface area contributed by atoms with E-state index in [2.05, 4.69) is 20.4 Å². The maximum Gasteiger partial charge on any atom is 0.409 e. The van der Waals surface area contributed by atoms with Gasteiger partial charge in [-0.05, 0) is 31.5 Å². The number of hydrogen-bond acceptors (Lipinski definition) is 6. The molecule has 0 bridgehead atoms. The second-order valence-corrected chi connectivity index (χ2v) is 6.66. The minimum atomic E-state index is -0.278. The monoisotopic (exact) mass is 383 g/mol. The van der Waals surface area contributed by atoms with E-state index in [0.29, 0.717) is 45.0 Å². The second kappa shape index (κ2) is 9.16. The zero-order chi connectivity index (χ0) is 19.9. The third-order valence-corrected chi connectivity index (χ3v) is 4.53. The smallest absolute Gasteiger partial charge is 0.409 e. The molecule has 1 aromatic heterocycles. The Morgan fingerprint density at radius 1 is 1.04 bits per heavy atom. The number of hydrogen-bond donors (Lipinski definition) is 1. The van der Waals surface area contributed by atoms with Gasteiger partial charge in [-0.15, -0.1) is 10.2 Å². The average Bonchev–Trinajstić information content (AvgIpc) is 2.71. The van der Waals surface area contributed by atoms with E-state index in [1.807, 2.05) is 37.3 Å². The van der Waals surface area contributed by atoms with E-state index in [4.69, 9.17) is 4.74 Å². The topological polar surface area (TPSA) is 87.7 Å². The van der Waals surface area contributed by atoms with E-state index < -0.39 is 0 Å². The van der Waals surface area contributed by atoms with Gasteiger partial charge in [-0.2, -0.15) is 0 Å². The number of carbonyl (C=O) groups excluding carboxylic acids is 2. The maximum absolute atomic E-state index is 12.2. The number of nitrogens with one attached hydrogen (secondary N) is 1. The van der Waals surface area contributed by atoms with Gasteiger partial charge in [-0.1, -0.05) is 29.8 Å². The Kier molecular flexibility index (Phi) is 6.41. The van der Waals surface area contributed by atoms with Crippen LogP contribution >= 0.6 is 0 Å². The Labute approximate surface area is 164 Å². The van der Waals surface area contributed by atoms with Crippen molar-refractivity contribution in [1.82, 2.24) is 15.1 Å². The van der Waals surface area contributed by atoms with Crippen LogP contribution in [-0.2, 0) is 16.0 Å². The van der Waals surface area contributed by atoms with Crippen molar-refractivity contribution in [3.8, 4) is 0 Å². The molecule has 28 heavy (non-hydrogen) atoms. The van der Waals surface area contributed by atoms with Crippen LogP contribution in [0.3, 0.4) is 0 Å². The van der Waals surface area contributed by atoms with Crippen LogP contribution in [0.25, 0.3) is 0 Å². The summed E-state index contributed by atoms with van der Waals surface area (Å²) >= 11 is 0. The minimum Gasteiger partial charge on any atom is -0.450 e. The highest BCUT2D eigenvalue weighted by molar-refractivity contribution is 5.91. The molecule has 0 radical (unpaired) electrons. The molecular formula is C20H25N5O3. The summed E-state index contributed by atoms with van der Waals surface area (Å²) in [6.45, 7) is 6.66. The SMILES string of the molecule is CCOC(=O)N1CCN(c2ccc(NC(=O)Cc3ccc(C)cc3)nn2)CC1. The molecule has 0 saturated carbocycles. The summed E-state index contributed by atoms with van der Waals surface area (Å²) < 4.78 is 5.02. The highest BCUT2D eigenvalue weighted by Gasteiger charge is 2.22. The van der Waals surface area contributed by atoms with Gasteiger partial charge >= 0.3 is 6.09 Å². The molecule has 1 N–H and O–H groups in total. The summed E-state index contributed by atoms with van der Waals surface area (Å²) in [7, 11) is 0. The third-order valence-electron chi connectivity index (χ3n) is 4.53. The molecule has 1 aliphatic rings. The van der Waals surface area contributed by atoms with E-state index in [0.717, 1.165) is 16.9 Å². The Hall–Kier alpha value is -3.16. The number of rotatable bonds is 5. The molecule has 2 amide bonds. The first kappa shape index (κ1) is 19.6. The number of amides is 2. The second-order valence-electron chi connectivity index (χ2n) is 6.66. The summed E-state index contributed by atoms with van der Waals surface area (Å²) in [6, 6.07) is 11.4. The van der Waals surface area contributed by atoms with Gasteiger partial charge < -0.3 is 19.9 Å². The number of aromatic nitrogens is 2. The molecule has 2 heterocycles. The summed E-state index contributed by atoms with van der Waals surface area (Å²) in [5, 5.41) is 11.1. The molecule has 8 heteroatoms. The Bertz CT molecular complexity index is 800. The maximum atomic E-state index is 12.2. The van der Waals surface area contributed by atoms with Crippen molar-refractivity contribution in [3.05, 3.63) is 47.5 Å². The molecule has 0 spiro atoms. The van der Waals surface area contributed by atoms with Gasteiger partial charge in [0.1, 0.15) is 0 Å². The first-order chi connectivity index (χ1) is 13.5. The summed E-state index contributed by atoms with van der Waals surface area (Å²) in [6.07, 6.45) is 0.0133. The number of ether oxygens (including phenoxy) is 1. The van der Waals surface area contributed by atoms with E-state index in [1.165, 1.54) is 0 Å². The molecule has 1 aromatic carbocycles. The molecule has 3 rings (SSSR count). The summed E-state index contributed by atoms with van der Waals surface area (Å²) in [4.78, 5) is 27.7. The van der Waals surface area contributed by atoms with Crippen LogP contribution < -0.4 is 10.2 Å². The van der Waals surface area contributed by atoms with Gasteiger partial charge in [0.2, 0.25) is 5.91 Å². The minimum absolute atomic E-state index is 0.131. The Balaban J connectivity index is 1.50. The van der Waals surface area contributed by atoms with Crippen LogP contribution in [0.4, 0.5) is 16.4 Å². The normalized spacial score (nSPS) is 13.9. The fourth-order valence-corrected chi connectivity index (χ4v) is 2.97. The van der Waals surface area contributed by atoms with Gasteiger partial charge in [-0.25, -0.2) is 4.79 Å². The lowest BCUT2D eigenvalue weighted by molar-refractivity contribution is -0.115. The number of aryl methyl sites for hydroxylation is 1.